The van der Waals surface area contributed by atoms with Crippen molar-refractivity contribution >= 4 is 13.6 Å². The first-order valence-corrected chi connectivity index (χ1v) is 9.89. The summed E-state index contributed by atoms with van der Waals surface area (Å²) in [7, 11) is 0. The van der Waals surface area contributed by atoms with Crippen LogP contribution in [0.5, 0.6) is 0 Å². The van der Waals surface area contributed by atoms with Gasteiger partial charge in [-0.3, -0.25) is 0 Å². The third kappa shape index (κ3) is 4.08. The maximum absolute atomic E-state index is 3.76. The summed E-state index contributed by atoms with van der Waals surface area (Å²) in [5, 5.41) is 0. The van der Waals surface area contributed by atoms with E-state index in [1.54, 1.807) is 0 Å². The summed E-state index contributed by atoms with van der Waals surface area (Å²) in [4.78, 5) is 0. The van der Waals surface area contributed by atoms with Crippen LogP contribution in [-0.2, 0) is 16.3 Å². The minimum absolute atomic E-state index is 1.08. The number of hydrogen-bond donors (Lipinski definition) is 0. The van der Waals surface area contributed by atoms with E-state index in [0.717, 1.165) is 5.56 Å². The molecular weight excluding hydrogens is 241 g/mol. The third-order valence-corrected chi connectivity index (χ3v) is 1.12. The Labute approximate surface area is 79.1 Å². The van der Waals surface area contributed by atoms with E-state index in [2.05, 4.69) is 39.6 Å². The molecule has 0 spiro atoms. The van der Waals surface area contributed by atoms with Crippen molar-refractivity contribution in [1.82, 2.24) is 0 Å². The monoisotopic (exact) mass is 248 g/mol. The zero-order valence-corrected chi connectivity index (χ0v) is 10.7. The fraction of sp³-hybridized carbons (Fsp3) is 0.125. The Hall–Kier alpha value is 0.193. The first-order valence-electron chi connectivity index (χ1n) is 2.94. The van der Waals surface area contributed by atoms with E-state index in [1.165, 1.54) is 21.9 Å². The Morgan fingerprint density at radius 1 is 1.20 bits per heavy atom. The molecule has 0 nitrogen and oxygen atoms in total. The Bertz CT molecular complexity index is 148. The summed E-state index contributed by atoms with van der Waals surface area (Å²) in [6.07, 6.45) is 0. The fourth-order valence-corrected chi connectivity index (χ4v) is 0.588. The van der Waals surface area contributed by atoms with Crippen molar-refractivity contribution in [3.63, 3.8) is 0 Å². The molecule has 0 aromatic heterocycles. The molecule has 1 aromatic rings. The van der Waals surface area contributed by atoms with Crippen molar-refractivity contribution in [1.29, 1.82) is 0 Å². The zero-order valence-electron chi connectivity index (χ0n) is 6.10. The van der Waals surface area contributed by atoms with Crippen LogP contribution in [0.2, 0.25) is 0 Å². The van der Waals surface area contributed by atoms with Crippen LogP contribution in [-0.4, -0.2) is 0 Å². The maximum atomic E-state index is 3.76. The van der Waals surface area contributed by atoms with Gasteiger partial charge >= 0.3 is 30.0 Å². The van der Waals surface area contributed by atoms with Gasteiger partial charge in [-0.1, -0.05) is 5.56 Å². The van der Waals surface area contributed by atoms with Gasteiger partial charge in [0.1, 0.15) is 0 Å². The second kappa shape index (κ2) is 5.94. The molecule has 0 heterocycles. The number of hydrogen-bond acceptors (Lipinski definition) is 0. The van der Waals surface area contributed by atoms with Gasteiger partial charge in [0.25, 0.3) is 0 Å². The van der Waals surface area contributed by atoms with Gasteiger partial charge in [0.2, 0.25) is 0 Å². The van der Waals surface area contributed by atoms with Gasteiger partial charge in [-0.25, -0.2) is 0 Å². The Kier molecular flexibility index (Phi) is 6.05. The normalized spacial score (nSPS) is 8.00. The Morgan fingerprint density at radius 2 is 1.60 bits per heavy atom. The standard InChI is InChI=1S/C8H9.BrH.Zn/c1-7-3-5-8(2)6-4-7;;/h3-6H,1H2,2H3;1H;/q-1;;+2/p-1. The van der Waals surface area contributed by atoms with E-state index in [1.807, 2.05) is 12.1 Å². The molecule has 10 heavy (non-hydrogen) atoms. The summed E-state index contributed by atoms with van der Waals surface area (Å²) >= 11 is 4.25. The van der Waals surface area contributed by atoms with Gasteiger partial charge in [0.15, 0.2) is 0 Å². The molecule has 0 aliphatic carbocycles. The van der Waals surface area contributed by atoms with Crippen LogP contribution in [0, 0.1) is 13.8 Å². The molecule has 0 unspecified atom stereocenters. The van der Waals surface area contributed by atoms with E-state index >= 15 is 0 Å². The van der Waals surface area contributed by atoms with Crippen molar-refractivity contribution in [3.8, 4) is 0 Å². The summed E-state index contributed by atoms with van der Waals surface area (Å²) in [6.45, 7) is 5.83. The predicted octanol–water partition coefficient (Wildman–Crippen LogP) is 3.02. The van der Waals surface area contributed by atoms with Crippen LogP contribution in [0.1, 0.15) is 11.1 Å². The second-order valence-electron chi connectivity index (χ2n) is 1.99. The van der Waals surface area contributed by atoms with E-state index < -0.39 is 0 Å². The third-order valence-electron chi connectivity index (χ3n) is 1.12. The molecule has 0 fully saturated rings. The Balaban J connectivity index is 0.000000371. The molecule has 0 bridgehead atoms. The van der Waals surface area contributed by atoms with Gasteiger partial charge in [-0.2, -0.15) is 24.6 Å². The number of halogens is 1. The van der Waals surface area contributed by atoms with Crippen molar-refractivity contribution in [2.75, 3.05) is 0 Å². The second-order valence-corrected chi connectivity index (χ2v) is 1.99. The molecule has 0 N–H and O–H groups in total. The summed E-state index contributed by atoms with van der Waals surface area (Å²) in [5.41, 5.74) is 2.37. The molecule has 0 amide bonds. The summed E-state index contributed by atoms with van der Waals surface area (Å²) in [6, 6.07) is 8.13. The van der Waals surface area contributed by atoms with Crippen LogP contribution >= 0.6 is 13.6 Å². The molecule has 0 saturated carbocycles. The van der Waals surface area contributed by atoms with Crippen LogP contribution in [0.15, 0.2) is 24.3 Å². The van der Waals surface area contributed by atoms with Crippen molar-refractivity contribution in [2.24, 2.45) is 0 Å². The zero-order chi connectivity index (χ0) is 7.98. The van der Waals surface area contributed by atoms with Crippen molar-refractivity contribution < 1.29 is 16.3 Å². The number of benzene rings is 1. The first kappa shape index (κ1) is 10.2. The van der Waals surface area contributed by atoms with Gasteiger partial charge in [-0.05, 0) is 6.92 Å². The topological polar surface area (TPSA) is 0 Å². The number of aryl methyl sites for hydroxylation is 1. The minimum atomic E-state index is 1.08. The molecule has 0 atom stereocenters. The average Bonchev–Trinajstić information content (AvgIpc) is 2.00. The van der Waals surface area contributed by atoms with E-state index in [-0.39, 0.29) is 0 Å². The quantitative estimate of drug-likeness (QED) is 0.490. The summed E-state index contributed by atoms with van der Waals surface area (Å²) < 4.78 is 0. The first-order chi connectivity index (χ1) is 4.79. The van der Waals surface area contributed by atoms with Crippen molar-refractivity contribution in [3.05, 3.63) is 42.3 Å². The molecule has 0 aliphatic rings. The van der Waals surface area contributed by atoms with Gasteiger partial charge in [0.05, 0.1) is 0 Å². The van der Waals surface area contributed by atoms with Gasteiger partial charge in [-0.15, -0.1) is 12.1 Å². The van der Waals surface area contributed by atoms with Gasteiger partial charge in [0, 0.05) is 0 Å². The molecule has 0 saturated heterocycles. The van der Waals surface area contributed by atoms with E-state index in [9.17, 15) is 0 Å². The summed E-state index contributed by atoms with van der Waals surface area (Å²) in [5.74, 6) is 0. The molecule has 0 radical (unpaired) electrons. The molecule has 1 rings (SSSR count). The van der Waals surface area contributed by atoms with E-state index in [0.29, 0.717) is 0 Å². The fourth-order valence-electron chi connectivity index (χ4n) is 0.588. The molecule has 1 aromatic carbocycles. The SMILES string of the molecule is [CH2-]c1ccc(C)cc1.[Zn+][Br]. The van der Waals surface area contributed by atoms with Crippen LogP contribution < -0.4 is 0 Å². The van der Waals surface area contributed by atoms with Crippen LogP contribution in [0.3, 0.4) is 0 Å². The molecule has 2 heteroatoms. The molecule has 50 valence electrons. The molecule has 0 aliphatic heterocycles. The van der Waals surface area contributed by atoms with Crippen LogP contribution in [0.4, 0.5) is 0 Å². The van der Waals surface area contributed by atoms with Gasteiger partial charge < -0.3 is 0 Å². The number of rotatable bonds is 0. The van der Waals surface area contributed by atoms with E-state index in [4.69, 9.17) is 0 Å². The predicted molar refractivity (Wildman–Crippen MR) is 44.6 cm³/mol. The van der Waals surface area contributed by atoms with Crippen molar-refractivity contribution in [2.45, 2.75) is 6.92 Å². The Morgan fingerprint density at radius 3 is 1.90 bits per heavy atom. The average molecular weight is 250 g/mol. The van der Waals surface area contributed by atoms with Crippen LogP contribution in [0.25, 0.3) is 0 Å². The molecular formula is C8H9BrZn.